The summed E-state index contributed by atoms with van der Waals surface area (Å²) in [5.74, 6) is -0.0230. The fraction of sp³-hybridized carbons (Fsp3) is 0.846. The Morgan fingerprint density at radius 3 is 2.44 bits per heavy atom. The topological polar surface area (TPSA) is 52.7 Å². The molecule has 0 atom stereocenters. The lowest BCUT2D eigenvalue weighted by Gasteiger charge is -2.47. The highest BCUT2D eigenvalue weighted by molar-refractivity contribution is 5.94. The summed E-state index contributed by atoms with van der Waals surface area (Å²) in [5.41, 5.74) is -1.40. The second kappa shape index (κ2) is 4.88. The zero-order valence-electron chi connectivity index (χ0n) is 12.3. The van der Waals surface area contributed by atoms with Gasteiger partial charge in [-0.2, -0.15) is 0 Å². The number of nitrogens with zero attached hydrogens (tertiary/aromatic N) is 2. The lowest BCUT2D eigenvalue weighted by atomic mass is 9.93. The van der Waals surface area contributed by atoms with Gasteiger partial charge in [-0.05, 0) is 34.2 Å². The summed E-state index contributed by atoms with van der Waals surface area (Å²) in [6.45, 7) is 11.2. The van der Waals surface area contributed by atoms with Gasteiger partial charge in [0.1, 0.15) is 5.54 Å². The summed E-state index contributed by atoms with van der Waals surface area (Å²) >= 11 is 0. The van der Waals surface area contributed by atoms with Crippen molar-refractivity contribution < 1.29 is 9.59 Å². The van der Waals surface area contributed by atoms with Crippen LogP contribution in [0.25, 0.3) is 0 Å². The first-order valence-corrected chi connectivity index (χ1v) is 6.47. The van der Waals surface area contributed by atoms with Crippen molar-refractivity contribution in [1.82, 2.24) is 15.1 Å². The van der Waals surface area contributed by atoms with Crippen LogP contribution in [0.5, 0.6) is 0 Å². The third kappa shape index (κ3) is 2.51. The van der Waals surface area contributed by atoms with Gasteiger partial charge >= 0.3 is 0 Å². The van der Waals surface area contributed by atoms with Crippen LogP contribution in [0.4, 0.5) is 0 Å². The Hall–Kier alpha value is -1.10. The van der Waals surface area contributed by atoms with Gasteiger partial charge in [0, 0.05) is 20.1 Å². The van der Waals surface area contributed by atoms with E-state index in [9.17, 15) is 9.59 Å². The van der Waals surface area contributed by atoms with E-state index >= 15 is 0 Å². The van der Waals surface area contributed by atoms with E-state index in [4.69, 9.17) is 0 Å². The fourth-order valence-corrected chi connectivity index (χ4v) is 2.42. The summed E-state index contributed by atoms with van der Waals surface area (Å²) in [7, 11) is 1.78. The van der Waals surface area contributed by atoms with Gasteiger partial charge in [-0.15, -0.1) is 0 Å². The van der Waals surface area contributed by atoms with Crippen LogP contribution in [0.3, 0.4) is 0 Å². The molecule has 0 aromatic heterocycles. The molecular formula is C13H25N3O2. The first-order valence-electron chi connectivity index (χ1n) is 6.47. The van der Waals surface area contributed by atoms with Gasteiger partial charge in [-0.1, -0.05) is 6.92 Å². The molecule has 1 rings (SSSR count). The molecule has 104 valence electrons. The Bertz CT molecular complexity index is 350. The van der Waals surface area contributed by atoms with E-state index in [0.717, 1.165) is 6.54 Å². The van der Waals surface area contributed by atoms with E-state index in [0.29, 0.717) is 13.1 Å². The Morgan fingerprint density at radius 2 is 1.94 bits per heavy atom. The third-order valence-corrected chi connectivity index (χ3v) is 3.60. The van der Waals surface area contributed by atoms with Crippen LogP contribution in [0.1, 0.15) is 34.6 Å². The van der Waals surface area contributed by atoms with Gasteiger partial charge in [-0.3, -0.25) is 9.59 Å². The van der Waals surface area contributed by atoms with Crippen LogP contribution < -0.4 is 5.32 Å². The Balaban J connectivity index is 2.96. The summed E-state index contributed by atoms with van der Waals surface area (Å²) in [4.78, 5) is 28.1. The molecule has 0 spiro atoms. The molecule has 0 aliphatic carbocycles. The van der Waals surface area contributed by atoms with Crippen molar-refractivity contribution in [3.63, 3.8) is 0 Å². The lowest BCUT2D eigenvalue weighted by molar-refractivity contribution is -0.160. The Labute approximate surface area is 110 Å². The highest BCUT2D eigenvalue weighted by Crippen LogP contribution is 2.24. The van der Waals surface area contributed by atoms with Crippen molar-refractivity contribution in [3.8, 4) is 0 Å². The van der Waals surface area contributed by atoms with E-state index < -0.39 is 11.1 Å². The van der Waals surface area contributed by atoms with Crippen molar-refractivity contribution >= 4 is 11.8 Å². The molecule has 0 aromatic carbocycles. The maximum Gasteiger partial charge on any atom is 0.247 e. The van der Waals surface area contributed by atoms with E-state index in [1.807, 2.05) is 34.6 Å². The van der Waals surface area contributed by atoms with Gasteiger partial charge in [0.15, 0.2) is 0 Å². The number of carbonyl (C=O) groups is 2. The molecule has 1 saturated heterocycles. The first kappa shape index (κ1) is 15.0. The highest BCUT2D eigenvalue weighted by atomic mass is 16.2. The predicted octanol–water partition coefficient (Wildman–Crippen LogP) is 0.454. The minimum absolute atomic E-state index is 0.00519. The molecule has 5 nitrogen and oxygen atoms in total. The number of carbonyl (C=O) groups excluding carboxylic acids is 2. The van der Waals surface area contributed by atoms with Crippen LogP contribution in [0.15, 0.2) is 0 Å². The summed E-state index contributed by atoms with van der Waals surface area (Å²) in [6.07, 6.45) is 0. The minimum Gasteiger partial charge on any atom is -0.342 e. The number of piperazine rings is 1. The number of hydrogen-bond acceptors (Lipinski definition) is 3. The molecule has 0 bridgehead atoms. The third-order valence-electron chi connectivity index (χ3n) is 3.60. The highest BCUT2D eigenvalue weighted by Gasteiger charge is 2.46. The number of likely N-dealkylation sites (N-methyl/N-ethyl adjacent to an activating group) is 2. The zero-order chi connectivity index (χ0) is 14.1. The minimum atomic E-state index is -0.767. The summed E-state index contributed by atoms with van der Waals surface area (Å²) in [5, 5.41) is 3.17. The molecular weight excluding hydrogens is 230 g/mol. The molecule has 1 fully saturated rings. The van der Waals surface area contributed by atoms with Crippen molar-refractivity contribution in [2.75, 3.05) is 26.7 Å². The van der Waals surface area contributed by atoms with Crippen LogP contribution in [0, 0.1) is 0 Å². The first-order chi connectivity index (χ1) is 8.14. The maximum absolute atomic E-state index is 12.6. The average molecular weight is 255 g/mol. The van der Waals surface area contributed by atoms with Crippen LogP contribution in [-0.4, -0.2) is 59.4 Å². The summed E-state index contributed by atoms with van der Waals surface area (Å²) < 4.78 is 0. The molecule has 1 N–H and O–H groups in total. The van der Waals surface area contributed by atoms with Crippen molar-refractivity contribution in [1.29, 1.82) is 0 Å². The predicted molar refractivity (Wildman–Crippen MR) is 71.2 cm³/mol. The van der Waals surface area contributed by atoms with Gasteiger partial charge in [0.2, 0.25) is 11.8 Å². The van der Waals surface area contributed by atoms with Gasteiger partial charge < -0.3 is 15.1 Å². The number of nitrogens with one attached hydrogen (secondary N) is 1. The molecule has 18 heavy (non-hydrogen) atoms. The molecule has 0 saturated carbocycles. The number of rotatable bonds is 3. The normalized spacial score (nSPS) is 20.2. The lowest BCUT2D eigenvalue weighted by Crippen LogP contribution is -2.68. The van der Waals surface area contributed by atoms with E-state index in [2.05, 4.69) is 5.32 Å². The quantitative estimate of drug-likeness (QED) is 0.797. The largest absolute Gasteiger partial charge is 0.342 e. The zero-order valence-corrected chi connectivity index (χ0v) is 12.3. The number of amides is 2. The van der Waals surface area contributed by atoms with Gasteiger partial charge in [-0.25, -0.2) is 0 Å². The standard InChI is InChI=1S/C13H25N3O2/c1-7-14-12(2,3)10(17)16-9-8-15(6)11(18)13(16,4)5/h14H,7-9H2,1-6H3. The second-order valence-electron chi connectivity index (χ2n) is 5.90. The average Bonchev–Trinajstić information content (AvgIpc) is 2.25. The van der Waals surface area contributed by atoms with Crippen molar-refractivity contribution in [2.45, 2.75) is 45.7 Å². The molecule has 5 heteroatoms. The molecule has 2 amide bonds. The van der Waals surface area contributed by atoms with E-state index in [1.54, 1.807) is 16.8 Å². The fourth-order valence-electron chi connectivity index (χ4n) is 2.42. The van der Waals surface area contributed by atoms with Gasteiger partial charge in [0.05, 0.1) is 5.54 Å². The van der Waals surface area contributed by atoms with Crippen molar-refractivity contribution in [2.24, 2.45) is 0 Å². The van der Waals surface area contributed by atoms with Crippen molar-refractivity contribution in [3.05, 3.63) is 0 Å². The number of hydrogen-bond donors (Lipinski definition) is 1. The van der Waals surface area contributed by atoms with Crippen LogP contribution in [-0.2, 0) is 9.59 Å². The molecule has 0 unspecified atom stereocenters. The molecule has 0 aromatic rings. The van der Waals surface area contributed by atoms with Gasteiger partial charge in [0.25, 0.3) is 0 Å². The smallest absolute Gasteiger partial charge is 0.247 e. The molecule has 1 heterocycles. The monoisotopic (exact) mass is 255 g/mol. The Kier molecular flexibility index (Phi) is 4.05. The molecule has 1 aliphatic heterocycles. The second-order valence-corrected chi connectivity index (χ2v) is 5.90. The van der Waals surface area contributed by atoms with Crippen LogP contribution in [0.2, 0.25) is 0 Å². The molecule has 0 radical (unpaired) electrons. The summed E-state index contributed by atoms with van der Waals surface area (Å²) in [6, 6.07) is 0. The SMILES string of the molecule is CCNC(C)(C)C(=O)N1CCN(C)C(=O)C1(C)C. The maximum atomic E-state index is 12.6. The van der Waals surface area contributed by atoms with Crippen LogP contribution >= 0.6 is 0 Å². The Morgan fingerprint density at radius 1 is 1.39 bits per heavy atom. The van der Waals surface area contributed by atoms with E-state index in [-0.39, 0.29) is 11.8 Å². The molecule has 1 aliphatic rings. The van der Waals surface area contributed by atoms with E-state index in [1.165, 1.54) is 0 Å².